The van der Waals surface area contributed by atoms with Crippen LogP contribution in [0.2, 0.25) is 0 Å². The zero-order valence-corrected chi connectivity index (χ0v) is 17.9. The zero-order chi connectivity index (χ0) is 20.3. The molecule has 0 saturated carbocycles. The van der Waals surface area contributed by atoms with Crippen LogP contribution in [-0.4, -0.2) is 16.5 Å². The molecule has 1 unspecified atom stereocenters. The molecule has 1 atom stereocenters. The van der Waals surface area contributed by atoms with Crippen molar-refractivity contribution in [3.8, 4) is 5.75 Å². The summed E-state index contributed by atoms with van der Waals surface area (Å²) in [5, 5.41) is 22.9. The average Bonchev–Trinajstić information content (AvgIpc) is 2.68. The molecule has 0 saturated heterocycles. The van der Waals surface area contributed by atoms with Crippen molar-refractivity contribution in [3.05, 3.63) is 98.5 Å². The lowest BCUT2D eigenvalue weighted by Crippen LogP contribution is -2.31. The number of hydrogen-bond donors (Lipinski definition) is 2. The maximum atomic E-state index is 10.3. The van der Waals surface area contributed by atoms with Crippen LogP contribution in [0.25, 0.3) is 0 Å². The van der Waals surface area contributed by atoms with Crippen molar-refractivity contribution in [1.82, 2.24) is 0 Å². The van der Waals surface area contributed by atoms with Gasteiger partial charge in [-0.05, 0) is 66.3 Å². The Labute approximate surface area is 174 Å². The number of halogens is 1. The van der Waals surface area contributed by atoms with E-state index < -0.39 is 5.41 Å². The van der Waals surface area contributed by atoms with Gasteiger partial charge in [0.1, 0.15) is 5.75 Å². The first kappa shape index (κ1) is 20.2. The largest absolute Gasteiger partial charge is 0.507 e. The van der Waals surface area contributed by atoms with E-state index in [0.29, 0.717) is 12.2 Å². The number of benzene rings is 3. The second-order valence-electron chi connectivity index (χ2n) is 7.19. The third-order valence-electron chi connectivity index (χ3n) is 5.40. The first-order valence-electron chi connectivity index (χ1n) is 9.19. The summed E-state index contributed by atoms with van der Waals surface area (Å²) < 4.78 is 1.00. The SMILES string of the molecule is Cc1ccccc1C(C/C=N/O)(c1ccc(Br)cc1)c1cc(C)c(O)c(C)c1. The Balaban J connectivity index is 2.43. The summed E-state index contributed by atoms with van der Waals surface area (Å²) in [6.07, 6.45) is 2.03. The summed E-state index contributed by atoms with van der Waals surface area (Å²) >= 11 is 3.53. The summed E-state index contributed by atoms with van der Waals surface area (Å²) in [6.45, 7) is 5.92. The Hall–Kier alpha value is -2.59. The molecule has 3 aromatic carbocycles. The third-order valence-corrected chi connectivity index (χ3v) is 5.93. The van der Waals surface area contributed by atoms with Crippen molar-refractivity contribution in [2.24, 2.45) is 5.16 Å². The van der Waals surface area contributed by atoms with Gasteiger partial charge < -0.3 is 10.3 Å². The molecule has 0 spiro atoms. The number of phenols is 1. The fraction of sp³-hybridized carbons (Fsp3) is 0.208. The topological polar surface area (TPSA) is 52.8 Å². The molecule has 0 radical (unpaired) electrons. The lowest BCUT2D eigenvalue weighted by molar-refractivity contribution is 0.319. The molecule has 0 heterocycles. The molecule has 0 bridgehead atoms. The number of oxime groups is 1. The maximum Gasteiger partial charge on any atom is 0.121 e. The van der Waals surface area contributed by atoms with Gasteiger partial charge in [-0.1, -0.05) is 64.5 Å². The fourth-order valence-corrected chi connectivity index (χ4v) is 4.25. The lowest BCUT2D eigenvalue weighted by atomic mass is 9.66. The highest BCUT2D eigenvalue weighted by Gasteiger charge is 2.37. The molecule has 0 aliphatic heterocycles. The Morgan fingerprint density at radius 2 is 1.50 bits per heavy atom. The van der Waals surface area contributed by atoms with Gasteiger partial charge in [0.2, 0.25) is 0 Å². The van der Waals surface area contributed by atoms with Crippen LogP contribution in [0.5, 0.6) is 5.75 Å². The van der Waals surface area contributed by atoms with Crippen LogP contribution in [-0.2, 0) is 5.41 Å². The van der Waals surface area contributed by atoms with Crippen molar-refractivity contribution in [2.45, 2.75) is 32.6 Å². The normalized spacial score (nSPS) is 13.6. The van der Waals surface area contributed by atoms with Gasteiger partial charge in [-0.15, -0.1) is 5.16 Å². The van der Waals surface area contributed by atoms with E-state index in [2.05, 4.69) is 52.3 Å². The number of hydrogen-bond acceptors (Lipinski definition) is 3. The van der Waals surface area contributed by atoms with E-state index in [1.165, 1.54) is 0 Å². The van der Waals surface area contributed by atoms with E-state index in [9.17, 15) is 10.3 Å². The molecule has 3 nitrogen and oxygen atoms in total. The fourth-order valence-electron chi connectivity index (χ4n) is 3.99. The predicted molar refractivity (Wildman–Crippen MR) is 118 cm³/mol. The highest BCUT2D eigenvalue weighted by atomic mass is 79.9. The molecule has 0 aliphatic rings. The van der Waals surface area contributed by atoms with Gasteiger partial charge in [0.15, 0.2) is 0 Å². The standard InChI is InChI=1S/C24H24BrNO2/c1-16-6-4-5-7-22(16)24(12-13-26-28,19-8-10-21(25)11-9-19)20-14-17(2)23(27)18(3)15-20/h4-11,13-15,27-28H,12H2,1-3H3/b26-13+. The number of phenolic OH excluding ortho intramolecular Hbond substituents is 1. The molecule has 0 aromatic heterocycles. The molecule has 144 valence electrons. The molecule has 0 fully saturated rings. The lowest BCUT2D eigenvalue weighted by Gasteiger charge is -2.36. The van der Waals surface area contributed by atoms with Gasteiger partial charge in [-0.2, -0.15) is 0 Å². The molecule has 3 aromatic rings. The van der Waals surface area contributed by atoms with Crippen LogP contribution in [0.3, 0.4) is 0 Å². The summed E-state index contributed by atoms with van der Waals surface area (Å²) in [6, 6.07) is 20.6. The van der Waals surface area contributed by atoms with Crippen molar-refractivity contribution < 1.29 is 10.3 Å². The highest BCUT2D eigenvalue weighted by Crippen LogP contribution is 2.45. The van der Waals surface area contributed by atoms with Gasteiger partial charge >= 0.3 is 0 Å². The number of aromatic hydroxyl groups is 1. The summed E-state index contributed by atoms with van der Waals surface area (Å²) in [5.74, 6) is 0.314. The molecule has 0 aliphatic carbocycles. The number of aryl methyl sites for hydroxylation is 3. The Morgan fingerprint density at radius 3 is 2.07 bits per heavy atom. The molecule has 0 amide bonds. The third kappa shape index (κ3) is 3.57. The van der Waals surface area contributed by atoms with Gasteiger partial charge in [0, 0.05) is 17.1 Å². The summed E-state index contributed by atoms with van der Waals surface area (Å²) in [5.41, 5.74) is 5.53. The molecular weight excluding hydrogens is 414 g/mol. The van der Waals surface area contributed by atoms with Gasteiger partial charge in [0.05, 0.1) is 5.41 Å². The molecule has 28 heavy (non-hydrogen) atoms. The van der Waals surface area contributed by atoms with Crippen molar-refractivity contribution >= 4 is 22.1 Å². The van der Waals surface area contributed by atoms with E-state index in [4.69, 9.17) is 0 Å². The van der Waals surface area contributed by atoms with Crippen LogP contribution in [0.15, 0.2) is 70.3 Å². The van der Waals surface area contributed by atoms with E-state index in [1.54, 1.807) is 6.21 Å². The molecule has 4 heteroatoms. The predicted octanol–water partition coefficient (Wildman–Crippen LogP) is 6.26. The Bertz CT molecular complexity index is 988. The minimum Gasteiger partial charge on any atom is -0.507 e. The minimum absolute atomic E-state index is 0.314. The van der Waals surface area contributed by atoms with E-state index in [1.807, 2.05) is 50.2 Å². The quantitative estimate of drug-likeness (QED) is 0.214. The molecule has 2 N–H and O–H groups in total. The van der Waals surface area contributed by atoms with Crippen LogP contribution >= 0.6 is 15.9 Å². The van der Waals surface area contributed by atoms with Crippen LogP contribution in [0, 0.1) is 20.8 Å². The van der Waals surface area contributed by atoms with Crippen molar-refractivity contribution in [3.63, 3.8) is 0 Å². The van der Waals surface area contributed by atoms with Crippen LogP contribution in [0.4, 0.5) is 0 Å². The first-order chi connectivity index (χ1) is 13.4. The summed E-state index contributed by atoms with van der Waals surface area (Å²) in [7, 11) is 0. The molecular formula is C24H24BrNO2. The van der Waals surface area contributed by atoms with Gasteiger partial charge in [-0.3, -0.25) is 0 Å². The molecule has 3 rings (SSSR count). The zero-order valence-electron chi connectivity index (χ0n) is 16.3. The minimum atomic E-state index is -0.554. The monoisotopic (exact) mass is 437 g/mol. The average molecular weight is 438 g/mol. The number of nitrogens with zero attached hydrogens (tertiary/aromatic N) is 1. The van der Waals surface area contributed by atoms with Gasteiger partial charge in [-0.25, -0.2) is 0 Å². The smallest absolute Gasteiger partial charge is 0.121 e. The number of rotatable bonds is 5. The van der Waals surface area contributed by atoms with Crippen molar-refractivity contribution in [1.29, 1.82) is 0 Å². The van der Waals surface area contributed by atoms with Crippen LogP contribution in [0.1, 0.15) is 39.8 Å². The van der Waals surface area contributed by atoms with Crippen molar-refractivity contribution in [2.75, 3.05) is 0 Å². The maximum absolute atomic E-state index is 10.3. The van der Waals surface area contributed by atoms with Crippen LogP contribution < -0.4 is 0 Å². The second kappa shape index (κ2) is 8.19. The summed E-state index contributed by atoms with van der Waals surface area (Å²) in [4.78, 5) is 0. The highest BCUT2D eigenvalue weighted by molar-refractivity contribution is 9.10. The second-order valence-corrected chi connectivity index (χ2v) is 8.10. The Kier molecular flexibility index (Phi) is 5.90. The van der Waals surface area contributed by atoms with E-state index >= 15 is 0 Å². The van der Waals surface area contributed by atoms with Gasteiger partial charge in [0.25, 0.3) is 0 Å². The van der Waals surface area contributed by atoms with E-state index in [-0.39, 0.29) is 0 Å². The first-order valence-corrected chi connectivity index (χ1v) is 9.98. The van der Waals surface area contributed by atoms with E-state index in [0.717, 1.165) is 37.9 Å². The Morgan fingerprint density at radius 1 is 0.893 bits per heavy atom.